The number of anilines is 1. The summed E-state index contributed by atoms with van der Waals surface area (Å²) in [5.41, 5.74) is 0.972. The fourth-order valence-electron chi connectivity index (χ4n) is 0.974. The van der Waals surface area contributed by atoms with Gasteiger partial charge in [-0.3, -0.25) is 9.69 Å². The molecule has 1 heterocycles. The fraction of sp³-hybridized carbons (Fsp3) is 0.500. The molecule has 0 N–H and O–H groups in total. The average Bonchev–Trinajstić information content (AvgIpc) is 2.53. The predicted molar refractivity (Wildman–Crippen MR) is 58.4 cm³/mol. The Morgan fingerprint density at radius 1 is 1.77 bits per heavy atom. The Morgan fingerprint density at radius 3 is 2.85 bits per heavy atom. The number of amides is 1. The summed E-state index contributed by atoms with van der Waals surface area (Å²) >= 11 is 4.82. The summed E-state index contributed by atoms with van der Waals surface area (Å²) in [6.07, 6.45) is 0. The summed E-state index contributed by atoms with van der Waals surface area (Å²) in [5.74, 6) is 0.0398. The third kappa shape index (κ3) is 2.51. The van der Waals surface area contributed by atoms with Crippen LogP contribution < -0.4 is 4.90 Å². The zero-order chi connectivity index (χ0) is 9.84. The van der Waals surface area contributed by atoms with Crippen LogP contribution in [0.4, 0.5) is 5.13 Å². The highest BCUT2D eigenvalue weighted by atomic mass is 79.9. The lowest BCUT2D eigenvalue weighted by Gasteiger charge is -2.14. The van der Waals surface area contributed by atoms with E-state index in [0.717, 1.165) is 16.2 Å². The van der Waals surface area contributed by atoms with E-state index in [9.17, 15) is 4.79 Å². The first-order valence-electron chi connectivity index (χ1n) is 3.97. The van der Waals surface area contributed by atoms with Crippen molar-refractivity contribution >= 4 is 38.3 Å². The largest absolute Gasteiger partial charge is 0.289 e. The van der Waals surface area contributed by atoms with Crippen molar-refractivity contribution < 1.29 is 4.79 Å². The lowest BCUT2D eigenvalue weighted by molar-refractivity contribution is -0.116. The molecule has 0 bridgehead atoms. The molecule has 1 amide bonds. The number of rotatable bonds is 3. The van der Waals surface area contributed by atoms with E-state index in [1.54, 1.807) is 11.8 Å². The summed E-state index contributed by atoms with van der Waals surface area (Å²) in [6, 6.07) is 0. The van der Waals surface area contributed by atoms with Crippen LogP contribution in [0.5, 0.6) is 0 Å². The van der Waals surface area contributed by atoms with E-state index in [2.05, 4.69) is 20.9 Å². The number of aromatic nitrogens is 1. The third-order valence-electron chi connectivity index (χ3n) is 1.60. The maximum Gasteiger partial charge on any atom is 0.225 e. The molecule has 0 spiro atoms. The second-order valence-electron chi connectivity index (χ2n) is 2.52. The van der Waals surface area contributed by atoms with Gasteiger partial charge < -0.3 is 0 Å². The second-order valence-corrected chi connectivity index (χ2v) is 3.92. The van der Waals surface area contributed by atoms with E-state index in [1.165, 1.54) is 11.3 Å². The monoisotopic (exact) mass is 262 g/mol. The molecule has 0 aliphatic carbocycles. The Morgan fingerprint density at radius 2 is 2.46 bits per heavy atom. The minimum Gasteiger partial charge on any atom is -0.289 e. The summed E-state index contributed by atoms with van der Waals surface area (Å²) in [5, 5.41) is 3.47. The first-order valence-corrected chi connectivity index (χ1v) is 5.97. The highest BCUT2D eigenvalue weighted by Crippen LogP contribution is 2.21. The van der Waals surface area contributed by atoms with Crippen molar-refractivity contribution in [1.29, 1.82) is 0 Å². The minimum absolute atomic E-state index is 0.0398. The summed E-state index contributed by atoms with van der Waals surface area (Å²) in [7, 11) is 0. The number of hydrogen-bond donors (Lipinski definition) is 0. The van der Waals surface area contributed by atoms with Crippen molar-refractivity contribution in [3.8, 4) is 0 Å². The first-order chi connectivity index (χ1) is 6.19. The molecule has 1 aromatic rings. The van der Waals surface area contributed by atoms with Crippen LogP contribution in [0.2, 0.25) is 0 Å². The Hall–Kier alpha value is -0.420. The molecule has 0 aliphatic rings. The molecule has 5 heteroatoms. The highest BCUT2D eigenvalue weighted by Gasteiger charge is 2.12. The van der Waals surface area contributed by atoms with Crippen molar-refractivity contribution in [1.82, 2.24) is 4.98 Å². The topological polar surface area (TPSA) is 33.2 Å². The number of alkyl halides is 1. The van der Waals surface area contributed by atoms with Gasteiger partial charge in [0.05, 0.1) is 5.69 Å². The van der Waals surface area contributed by atoms with Crippen LogP contribution in [0.3, 0.4) is 0 Å². The highest BCUT2D eigenvalue weighted by molar-refractivity contribution is 9.08. The zero-order valence-corrected chi connectivity index (χ0v) is 9.98. The van der Waals surface area contributed by atoms with Crippen molar-refractivity contribution in [2.45, 2.75) is 19.2 Å². The van der Waals surface area contributed by atoms with Crippen molar-refractivity contribution in [3.05, 3.63) is 11.1 Å². The molecular formula is C8H11BrN2OS. The Kier molecular flexibility index (Phi) is 3.87. The van der Waals surface area contributed by atoms with Gasteiger partial charge in [-0.1, -0.05) is 15.9 Å². The maximum absolute atomic E-state index is 11.2. The van der Waals surface area contributed by atoms with Gasteiger partial charge in [-0.25, -0.2) is 4.98 Å². The van der Waals surface area contributed by atoms with Gasteiger partial charge in [0, 0.05) is 24.2 Å². The van der Waals surface area contributed by atoms with E-state index >= 15 is 0 Å². The lowest BCUT2D eigenvalue weighted by Crippen LogP contribution is -2.27. The van der Waals surface area contributed by atoms with Crippen molar-refractivity contribution in [3.63, 3.8) is 0 Å². The predicted octanol–water partition coefficient (Wildman–Crippen LogP) is 2.41. The van der Waals surface area contributed by atoms with Crippen molar-refractivity contribution in [2.24, 2.45) is 0 Å². The van der Waals surface area contributed by atoms with Crippen LogP contribution in [-0.4, -0.2) is 17.4 Å². The molecule has 3 nitrogen and oxygen atoms in total. The molecular weight excluding hydrogens is 252 g/mol. The van der Waals surface area contributed by atoms with E-state index in [0.29, 0.717) is 6.54 Å². The first kappa shape index (κ1) is 10.7. The van der Waals surface area contributed by atoms with Gasteiger partial charge >= 0.3 is 0 Å². The van der Waals surface area contributed by atoms with E-state index in [-0.39, 0.29) is 5.91 Å². The van der Waals surface area contributed by atoms with Crippen LogP contribution in [0, 0.1) is 0 Å². The Labute approximate surface area is 89.9 Å². The van der Waals surface area contributed by atoms with Gasteiger partial charge in [-0.2, -0.15) is 0 Å². The third-order valence-corrected chi connectivity index (χ3v) is 3.09. The van der Waals surface area contributed by atoms with Gasteiger partial charge in [0.1, 0.15) is 0 Å². The van der Waals surface area contributed by atoms with Gasteiger partial charge in [0.2, 0.25) is 5.91 Å². The molecule has 0 unspecified atom stereocenters. The average molecular weight is 263 g/mol. The molecule has 0 radical (unpaired) electrons. The van der Waals surface area contributed by atoms with Crippen LogP contribution in [0.15, 0.2) is 5.38 Å². The Bertz CT molecular complexity index is 300. The molecule has 0 aromatic carbocycles. The maximum atomic E-state index is 11.2. The van der Waals surface area contributed by atoms with E-state index in [1.807, 2.05) is 12.3 Å². The molecule has 1 rings (SSSR count). The number of halogens is 1. The number of carbonyl (C=O) groups excluding carboxylic acids is 1. The standard InChI is InChI=1S/C8H11BrN2OS/c1-3-11(6(2)12)8-10-7(4-9)5-13-8/h5H,3-4H2,1-2H3. The molecule has 0 saturated carbocycles. The van der Waals surface area contributed by atoms with E-state index in [4.69, 9.17) is 0 Å². The SMILES string of the molecule is CCN(C(C)=O)c1nc(CBr)cs1. The minimum atomic E-state index is 0.0398. The molecule has 0 aliphatic heterocycles. The molecule has 0 atom stereocenters. The number of nitrogens with zero attached hydrogens (tertiary/aromatic N) is 2. The molecule has 0 fully saturated rings. The molecule has 72 valence electrons. The lowest BCUT2D eigenvalue weighted by atomic mass is 10.5. The summed E-state index contributed by atoms with van der Waals surface area (Å²) < 4.78 is 0. The number of thiazole rings is 1. The number of hydrogen-bond acceptors (Lipinski definition) is 3. The molecule has 0 saturated heterocycles. The van der Waals surface area contributed by atoms with Gasteiger partial charge in [-0.15, -0.1) is 11.3 Å². The van der Waals surface area contributed by atoms with Gasteiger partial charge in [0.25, 0.3) is 0 Å². The second kappa shape index (κ2) is 4.72. The normalized spacial score (nSPS) is 10.1. The quantitative estimate of drug-likeness (QED) is 0.784. The van der Waals surface area contributed by atoms with Crippen LogP contribution in [0.25, 0.3) is 0 Å². The van der Waals surface area contributed by atoms with Gasteiger partial charge in [0.15, 0.2) is 5.13 Å². The van der Waals surface area contributed by atoms with Crippen LogP contribution >= 0.6 is 27.3 Å². The molecule has 13 heavy (non-hydrogen) atoms. The van der Waals surface area contributed by atoms with Gasteiger partial charge in [-0.05, 0) is 6.92 Å². The van der Waals surface area contributed by atoms with Crippen LogP contribution in [-0.2, 0) is 10.1 Å². The number of carbonyl (C=O) groups is 1. The van der Waals surface area contributed by atoms with Crippen LogP contribution in [0.1, 0.15) is 19.5 Å². The summed E-state index contributed by atoms with van der Waals surface area (Å²) in [6.45, 7) is 4.17. The Balaban J connectivity index is 2.85. The zero-order valence-electron chi connectivity index (χ0n) is 7.58. The summed E-state index contributed by atoms with van der Waals surface area (Å²) in [4.78, 5) is 17.1. The molecule has 1 aromatic heterocycles. The van der Waals surface area contributed by atoms with E-state index < -0.39 is 0 Å². The van der Waals surface area contributed by atoms with Crippen molar-refractivity contribution in [2.75, 3.05) is 11.4 Å². The smallest absolute Gasteiger partial charge is 0.225 e. The fourth-order valence-corrected chi connectivity index (χ4v) is 2.41.